The van der Waals surface area contributed by atoms with Crippen LogP contribution in [0.5, 0.6) is 5.75 Å². The summed E-state index contributed by atoms with van der Waals surface area (Å²) in [6.45, 7) is 5.05. The molecular formula is C17H24N4O2. The molecule has 0 saturated heterocycles. The number of nitrogens with zero attached hydrogens (tertiary/aromatic N) is 3. The Hall–Kier alpha value is -2.50. The van der Waals surface area contributed by atoms with Crippen LogP contribution in [-0.2, 0) is 13.6 Å². The van der Waals surface area contributed by atoms with Crippen molar-refractivity contribution in [1.29, 1.82) is 0 Å². The van der Waals surface area contributed by atoms with Gasteiger partial charge in [0.1, 0.15) is 5.75 Å². The fourth-order valence-electron chi connectivity index (χ4n) is 2.32. The fraction of sp³-hybridized carbons (Fsp3) is 0.412. The van der Waals surface area contributed by atoms with Gasteiger partial charge >= 0.3 is 6.03 Å². The van der Waals surface area contributed by atoms with Gasteiger partial charge in [-0.05, 0) is 31.5 Å². The summed E-state index contributed by atoms with van der Waals surface area (Å²) in [5, 5.41) is 7.11. The van der Waals surface area contributed by atoms with Crippen molar-refractivity contribution in [3.8, 4) is 5.75 Å². The predicted molar refractivity (Wildman–Crippen MR) is 89.2 cm³/mol. The highest BCUT2D eigenvalue weighted by Gasteiger charge is 2.14. The van der Waals surface area contributed by atoms with Crippen molar-refractivity contribution in [2.45, 2.75) is 26.4 Å². The van der Waals surface area contributed by atoms with Gasteiger partial charge in [-0.15, -0.1) is 0 Å². The van der Waals surface area contributed by atoms with Crippen LogP contribution >= 0.6 is 0 Å². The van der Waals surface area contributed by atoms with Crippen molar-refractivity contribution in [2.75, 3.05) is 13.7 Å². The van der Waals surface area contributed by atoms with E-state index in [2.05, 4.69) is 10.4 Å². The third kappa shape index (κ3) is 4.74. The lowest BCUT2D eigenvalue weighted by atomic mass is 10.1. The van der Waals surface area contributed by atoms with E-state index in [4.69, 9.17) is 4.74 Å². The Morgan fingerprint density at radius 3 is 2.91 bits per heavy atom. The van der Waals surface area contributed by atoms with Crippen LogP contribution in [0.1, 0.15) is 31.0 Å². The molecule has 2 aromatic rings. The van der Waals surface area contributed by atoms with Gasteiger partial charge in [-0.3, -0.25) is 4.68 Å². The second-order valence-electron chi connectivity index (χ2n) is 5.55. The summed E-state index contributed by atoms with van der Waals surface area (Å²) in [4.78, 5) is 13.9. The minimum absolute atomic E-state index is 0.0979. The second kappa shape index (κ2) is 7.67. The summed E-state index contributed by atoms with van der Waals surface area (Å²) in [5.74, 6) is 0.815. The normalized spacial score (nSPS) is 11.8. The van der Waals surface area contributed by atoms with Gasteiger partial charge in [-0.1, -0.05) is 12.1 Å². The first-order valence-electron chi connectivity index (χ1n) is 7.71. The van der Waals surface area contributed by atoms with Crippen LogP contribution in [0.15, 0.2) is 36.7 Å². The van der Waals surface area contributed by atoms with Gasteiger partial charge in [0.25, 0.3) is 0 Å². The van der Waals surface area contributed by atoms with E-state index in [1.54, 1.807) is 22.8 Å². The van der Waals surface area contributed by atoms with Gasteiger partial charge in [-0.25, -0.2) is 4.79 Å². The molecule has 0 aliphatic heterocycles. The number of amides is 2. The van der Waals surface area contributed by atoms with Gasteiger partial charge in [0.05, 0.1) is 25.4 Å². The van der Waals surface area contributed by atoms with Crippen molar-refractivity contribution in [3.63, 3.8) is 0 Å². The van der Waals surface area contributed by atoms with Crippen LogP contribution in [0.25, 0.3) is 0 Å². The van der Waals surface area contributed by atoms with Gasteiger partial charge in [0, 0.05) is 25.9 Å². The molecule has 0 saturated carbocycles. The topological polar surface area (TPSA) is 59.4 Å². The number of carbonyl (C=O) groups excluding carboxylic acids is 1. The zero-order valence-corrected chi connectivity index (χ0v) is 14.1. The number of hydrogen-bond acceptors (Lipinski definition) is 3. The second-order valence-corrected chi connectivity index (χ2v) is 5.55. The molecule has 1 unspecified atom stereocenters. The first kappa shape index (κ1) is 16.9. The summed E-state index contributed by atoms with van der Waals surface area (Å²) in [5.41, 5.74) is 2.01. The summed E-state index contributed by atoms with van der Waals surface area (Å²) in [7, 11) is 3.63. The van der Waals surface area contributed by atoms with E-state index in [1.807, 2.05) is 51.4 Å². The van der Waals surface area contributed by atoms with Crippen molar-refractivity contribution in [3.05, 3.63) is 47.8 Å². The molecule has 23 heavy (non-hydrogen) atoms. The average molecular weight is 316 g/mol. The lowest BCUT2D eigenvalue weighted by Crippen LogP contribution is -2.38. The van der Waals surface area contributed by atoms with Crippen molar-refractivity contribution in [1.82, 2.24) is 20.0 Å². The number of nitrogens with one attached hydrogen (secondary N) is 1. The van der Waals surface area contributed by atoms with E-state index in [0.29, 0.717) is 13.2 Å². The number of rotatable bonds is 6. The standard InChI is InChI=1S/C17H24N4O2/c1-5-23-16-8-6-7-15(9-16)13(2)19-17(22)20(3)11-14-10-18-21(4)12-14/h6-10,12-13H,5,11H2,1-4H3,(H,19,22). The number of ether oxygens (including phenoxy) is 1. The van der Waals surface area contributed by atoms with Crippen LogP contribution in [0, 0.1) is 0 Å². The highest BCUT2D eigenvalue weighted by molar-refractivity contribution is 5.74. The third-order valence-electron chi connectivity index (χ3n) is 3.53. The summed E-state index contributed by atoms with van der Waals surface area (Å²) in [6, 6.07) is 7.56. The molecule has 0 radical (unpaired) electrons. The van der Waals surface area contributed by atoms with E-state index < -0.39 is 0 Å². The number of benzene rings is 1. The van der Waals surface area contributed by atoms with Crippen LogP contribution in [0.2, 0.25) is 0 Å². The van der Waals surface area contributed by atoms with Crippen LogP contribution < -0.4 is 10.1 Å². The highest BCUT2D eigenvalue weighted by Crippen LogP contribution is 2.19. The average Bonchev–Trinajstić information content (AvgIpc) is 2.92. The number of urea groups is 1. The lowest BCUT2D eigenvalue weighted by Gasteiger charge is -2.21. The molecular weight excluding hydrogens is 292 g/mol. The zero-order chi connectivity index (χ0) is 16.8. The molecule has 2 amide bonds. The van der Waals surface area contributed by atoms with E-state index in [0.717, 1.165) is 16.9 Å². The number of aryl methyl sites for hydroxylation is 1. The summed E-state index contributed by atoms with van der Waals surface area (Å²) >= 11 is 0. The molecule has 0 bridgehead atoms. The molecule has 1 aromatic carbocycles. The Morgan fingerprint density at radius 2 is 2.26 bits per heavy atom. The minimum Gasteiger partial charge on any atom is -0.494 e. The van der Waals surface area contributed by atoms with Crippen molar-refractivity contribution < 1.29 is 9.53 Å². The Kier molecular flexibility index (Phi) is 5.62. The molecule has 1 atom stereocenters. The molecule has 0 fully saturated rings. The number of aromatic nitrogens is 2. The quantitative estimate of drug-likeness (QED) is 0.891. The Bertz CT molecular complexity index is 654. The first-order chi connectivity index (χ1) is 11.0. The third-order valence-corrected chi connectivity index (χ3v) is 3.53. The lowest BCUT2D eigenvalue weighted by molar-refractivity contribution is 0.203. The molecule has 6 heteroatoms. The molecule has 1 N–H and O–H groups in total. The largest absolute Gasteiger partial charge is 0.494 e. The van der Waals surface area contributed by atoms with E-state index in [1.165, 1.54) is 0 Å². The Balaban J connectivity index is 1.94. The smallest absolute Gasteiger partial charge is 0.317 e. The first-order valence-corrected chi connectivity index (χ1v) is 7.71. The van der Waals surface area contributed by atoms with Gasteiger partial charge in [0.2, 0.25) is 0 Å². The molecule has 0 aliphatic rings. The van der Waals surface area contributed by atoms with E-state index >= 15 is 0 Å². The monoisotopic (exact) mass is 316 g/mol. The molecule has 0 aliphatic carbocycles. The predicted octanol–water partition coefficient (Wildman–Crippen LogP) is 2.72. The van der Waals surface area contributed by atoms with Gasteiger partial charge in [-0.2, -0.15) is 5.10 Å². The van der Waals surface area contributed by atoms with E-state index in [-0.39, 0.29) is 12.1 Å². The highest BCUT2D eigenvalue weighted by atomic mass is 16.5. The zero-order valence-electron chi connectivity index (χ0n) is 14.1. The van der Waals surface area contributed by atoms with Crippen LogP contribution in [0.4, 0.5) is 4.79 Å². The summed E-state index contributed by atoms with van der Waals surface area (Å²) < 4.78 is 7.22. The van der Waals surface area contributed by atoms with Gasteiger partial charge in [0.15, 0.2) is 0 Å². The number of carbonyl (C=O) groups is 1. The molecule has 1 aromatic heterocycles. The molecule has 1 heterocycles. The summed E-state index contributed by atoms with van der Waals surface area (Å²) in [6.07, 6.45) is 3.66. The Labute approximate surface area is 137 Å². The van der Waals surface area contributed by atoms with Crippen LogP contribution in [-0.4, -0.2) is 34.4 Å². The van der Waals surface area contributed by atoms with Crippen LogP contribution in [0.3, 0.4) is 0 Å². The molecule has 2 rings (SSSR count). The van der Waals surface area contributed by atoms with Crippen molar-refractivity contribution >= 4 is 6.03 Å². The molecule has 124 valence electrons. The molecule has 6 nitrogen and oxygen atoms in total. The van der Waals surface area contributed by atoms with Crippen molar-refractivity contribution in [2.24, 2.45) is 7.05 Å². The SMILES string of the molecule is CCOc1cccc(C(C)NC(=O)N(C)Cc2cnn(C)c2)c1. The maximum atomic E-state index is 12.3. The Morgan fingerprint density at radius 1 is 1.48 bits per heavy atom. The minimum atomic E-state index is -0.122. The maximum Gasteiger partial charge on any atom is 0.317 e. The maximum absolute atomic E-state index is 12.3. The molecule has 0 spiro atoms. The number of hydrogen-bond donors (Lipinski definition) is 1. The van der Waals surface area contributed by atoms with Gasteiger partial charge < -0.3 is 15.0 Å². The fourth-order valence-corrected chi connectivity index (χ4v) is 2.32. The van der Waals surface area contributed by atoms with E-state index in [9.17, 15) is 4.79 Å².